The van der Waals surface area contributed by atoms with E-state index in [0.29, 0.717) is 5.69 Å². The number of carbonyl (C=O) groups is 1. The van der Waals surface area contributed by atoms with Gasteiger partial charge in [-0.15, -0.1) is 0 Å². The molecule has 3 rings (SSSR count). The Kier molecular flexibility index (Phi) is 4.29. The number of benzene rings is 2. The zero-order chi connectivity index (χ0) is 17.3. The molecule has 0 aliphatic carbocycles. The van der Waals surface area contributed by atoms with E-state index in [0.717, 1.165) is 23.5 Å². The maximum Gasteiger partial charge on any atom is 0.325 e. The minimum atomic E-state index is -0.800. The molecule has 0 saturated heterocycles. The number of rotatable bonds is 2. The first kappa shape index (κ1) is 16.1. The van der Waals surface area contributed by atoms with Crippen LogP contribution in [0.4, 0.5) is 24.4 Å². The number of hydrogen-bond acceptors (Lipinski definition) is 4. The summed E-state index contributed by atoms with van der Waals surface area (Å²) in [5, 5.41) is 14.2. The van der Waals surface area contributed by atoms with Crippen molar-refractivity contribution in [2.75, 3.05) is 10.6 Å². The molecule has 120 valence electrons. The highest BCUT2D eigenvalue weighted by Crippen LogP contribution is 2.29. The summed E-state index contributed by atoms with van der Waals surface area (Å²) in [5.41, 5.74) is 0.550. The van der Waals surface area contributed by atoms with E-state index >= 15 is 0 Å². The summed E-state index contributed by atoms with van der Waals surface area (Å²) in [7, 11) is 0. The van der Waals surface area contributed by atoms with Gasteiger partial charge in [-0.2, -0.15) is 5.26 Å². The van der Waals surface area contributed by atoms with Crippen molar-refractivity contribution in [2.45, 2.75) is 0 Å². The Morgan fingerprint density at radius 2 is 2.04 bits per heavy atom. The number of nitrogens with one attached hydrogen (secondary N) is 2. The van der Waals surface area contributed by atoms with Crippen LogP contribution in [0.15, 0.2) is 30.3 Å². The Balaban J connectivity index is 1.78. The molecule has 0 atom stereocenters. The van der Waals surface area contributed by atoms with Crippen LogP contribution < -0.4 is 10.6 Å². The number of halogens is 3. The molecule has 9 heteroatoms. The molecule has 0 spiro atoms. The molecule has 24 heavy (non-hydrogen) atoms. The molecule has 1 heterocycles. The van der Waals surface area contributed by atoms with Crippen molar-refractivity contribution in [3.05, 3.63) is 52.6 Å². The van der Waals surface area contributed by atoms with E-state index in [1.807, 2.05) is 6.07 Å². The summed E-state index contributed by atoms with van der Waals surface area (Å²) in [4.78, 5) is 15.9. The topological polar surface area (TPSA) is 77.8 Å². The van der Waals surface area contributed by atoms with Crippen LogP contribution in [-0.2, 0) is 0 Å². The quantitative estimate of drug-likeness (QED) is 0.689. The van der Waals surface area contributed by atoms with Gasteiger partial charge >= 0.3 is 6.03 Å². The number of aromatic nitrogens is 1. The number of amides is 2. The molecule has 0 aliphatic rings. The van der Waals surface area contributed by atoms with Gasteiger partial charge in [0.15, 0.2) is 10.9 Å². The Morgan fingerprint density at radius 3 is 2.79 bits per heavy atom. The average Bonchev–Trinajstić information content (AvgIpc) is 2.91. The van der Waals surface area contributed by atoms with Gasteiger partial charge in [0.05, 0.1) is 15.3 Å². The van der Waals surface area contributed by atoms with Gasteiger partial charge in [-0.1, -0.05) is 22.9 Å². The number of anilines is 2. The molecule has 2 aromatic carbocycles. The highest BCUT2D eigenvalue weighted by atomic mass is 35.5. The molecule has 5 nitrogen and oxygen atoms in total. The van der Waals surface area contributed by atoms with Gasteiger partial charge in [0.1, 0.15) is 17.4 Å². The second kappa shape index (κ2) is 6.39. The summed E-state index contributed by atoms with van der Waals surface area (Å²) in [5.74, 6) is -1.52. The normalized spacial score (nSPS) is 10.4. The SMILES string of the molecule is N#Cc1cc(NC(=O)Nc2nc3c(F)cc(F)cc3s2)ccc1Cl. The van der Waals surface area contributed by atoms with Crippen molar-refractivity contribution in [2.24, 2.45) is 0 Å². The largest absolute Gasteiger partial charge is 0.325 e. The van der Waals surface area contributed by atoms with Gasteiger partial charge in [-0.3, -0.25) is 5.32 Å². The fraction of sp³-hybridized carbons (Fsp3) is 0. The first-order valence-electron chi connectivity index (χ1n) is 6.49. The third-order valence-corrected chi connectivity index (χ3v) is 4.23. The molecule has 0 radical (unpaired) electrons. The summed E-state index contributed by atoms with van der Waals surface area (Å²) < 4.78 is 27.0. The number of carbonyl (C=O) groups excluding carboxylic acids is 1. The third kappa shape index (κ3) is 3.27. The first-order valence-corrected chi connectivity index (χ1v) is 7.69. The predicted octanol–water partition coefficient (Wildman–Crippen LogP) is 4.74. The smallest absolute Gasteiger partial charge is 0.308 e. The summed E-state index contributed by atoms with van der Waals surface area (Å²) in [6, 6.07) is 7.53. The minimum Gasteiger partial charge on any atom is -0.308 e. The maximum atomic E-state index is 13.6. The number of thiazole rings is 1. The molecule has 3 aromatic rings. The van der Waals surface area contributed by atoms with Gasteiger partial charge < -0.3 is 5.32 Å². The average molecular weight is 365 g/mol. The zero-order valence-corrected chi connectivity index (χ0v) is 13.3. The van der Waals surface area contributed by atoms with Crippen LogP contribution in [0.5, 0.6) is 0 Å². The van der Waals surface area contributed by atoms with Crippen molar-refractivity contribution in [1.29, 1.82) is 5.26 Å². The van der Waals surface area contributed by atoms with Crippen LogP contribution in [-0.4, -0.2) is 11.0 Å². The Morgan fingerprint density at radius 1 is 1.25 bits per heavy atom. The second-order valence-electron chi connectivity index (χ2n) is 4.64. The summed E-state index contributed by atoms with van der Waals surface area (Å²) in [6.07, 6.45) is 0. The summed E-state index contributed by atoms with van der Waals surface area (Å²) >= 11 is 6.75. The van der Waals surface area contributed by atoms with Crippen LogP contribution in [0.25, 0.3) is 10.2 Å². The maximum absolute atomic E-state index is 13.6. The highest BCUT2D eigenvalue weighted by molar-refractivity contribution is 7.22. The van der Waals surface area contributed by atoms with E-state index in [1.54, 1.807) is 0 Å². The fourth-order valence-corrected chi connectivity index (χ4v) is 3.02. The molecule has 0 bridgehead atoms. The van der Waals surface area contributed by atoms with E-state index in [9.17, 15) is 13.6 Å². The Hall–Kier alpha value is -2.76. The zero-order valence-electron chi connectivity index (χ0n) is 11.7. The Bertz CT molecular complexity index is 999. The lowest BCUT2D eigenvalue weighted by Gasteiger charge is -2.06. The highest BCUT2D eigenvalue weighted by Gasteiger charge is 2.13. The van der Waals surface area contributed by atoms with Gasteiger partial charge in [0.2, 0.25) is 0 Å². The van der Waals surface area contributed by atoms with Gasteiger partial charge in [0.25, 0.3) is 0 Å². The van der Waals surface area contributed by atoms with Crippen LogP contribution in [0.3, 0.4) is 0 Å². The van der Waals surface area contributed by atoms with E-state index in [4.69, 9.17) is 16.9 Å². The Labute approximate surface area is 143 Å². The fourth-order valence-electron chi connectivity index (χ4n) is 1.96. The molecule has 2 N–H and O–H groups in total. The number of nitriles is 1. The number of hydrogen-bond donors (Lipinski definition) is 2. The van der Waals surface area contributed by atoms with Gasteiger partial charge in [-0.05, 0) is 24.3 Å². The van der Waals surface area contributed by atoms with E-state index in [2.05, 4.69) is 15.6 Å². The summed E-state index contributed by atoms with van der Waals surface area (Å²) in [6.45, 7) is 0. The molecule has 0 unspecified atom stereocenters. The monoisotopic (exact) mass is 364 g/mol. The van der Waals surface area contributed by atoms with E-state index in [1.165, 1.54) is 18.2 Å². The molecular formula is C15H7ClF2N4OS. The van der Waals surface area contributed by atoms with Crippen LogP contribution >= 0.6 is 22.9 Å². The van der Waals surface area contributed by atoms with Crippen molar-refractivity contribution in [1.82, 2.24) is 4.98 Å². The lowest BCUT2D eigenvalue weighted by Crippen LogP contribution is -2.19. The van der Waals surface area contributed by atoms with E-state index in [-0.39, 0.29) is 25.9 Å². The number of fused-ring (bicyclic) bond motifs is 1. The van der Waals surface area contributed by atoms with Crippen molar-refractivity contribution < 1.29 is 13.6 Å². The lowest BCUT2D eigenvalue weighted by molar-refractivity contribution is 0.262. The second-order valence-corrected chi connectivity index (χ2v) is 6.08. The van der Waals surface area contributed by atoms with Crippen molar-refractivity contribution in [3.63, 3.8) is 0 Å². The predicted molar refractivity (Wildman–Crippen MR) is 88.3 cm³/mol. The van der Waals surface area contributed by atoms with E-state index < -0.39 is 17.7 Å². The standard InChI is InChI=1S/C15H7ClF2N4OS/c16-10-2-1-9(3-7(10)6-19)20-14(23)22-15-21-13-11(18)4-8(17)5-12(13)24-15/h1-5H,(H2,20,21,22,23). The van der Waals surface area contributed by atoms with Crippen LogP contribution in [0.2, 0.25) is 5.02 Å². The minimum absolute atomic E-state index is 0.0186. The van der Waals surface area contributed by atoms with Gasteiger partial charge in [-0.25, -0.2) is 18.6 Å². The first-order chi connectivity index (χ1) is 11.5. The van der Waals surface area contributed by atoms with Crippen molar-refractivity contribution >= 4 is 50.0 Å². The lowest BCUT2D eigenvalue weighted by atomic mass is 10.2. The molecular weight excluding hydrogens is 358 g/mol. The number of nitrogens with zero attached hydrogens (tertiary/aromatic N) is 2. The van der Waals surface area contributed by atoms with Crippen LogP contribution in [0, 0.1) is 23.0 Å². The molecule has 2 amide bonds. The molecule has 0 aliphatic heterocycles. The van der Waals surface area contributed by atoms with Crippen molar-refractivity contribution in [3.8, 4) is 6.07 Å². The van der Waals surface area contributed by atoms with Crippen LogP contribution in [0.1, 0.15) is 5.56 Å². The molecule has 0 saturated carbocycles. The molecule has 0 fully saturated rings. The van der Waals surface area contributed by atoms with Gasteiger partial charge in [0, 0.05) is 11.8 Å². The third-order valence-electron chi connectivity index (χ3n) is 2.98. The number of urea groups is 1. The molecule has 1 aromatic heterocycles.